The minimum absolute atomic E-state index is 0.0407. The third-order valence-corrected chi connectivity index (χ3v) is 2.54. The zero-order valence-electron chi connectivity index (χ0n) is 11.6. The van der Waals surface area contributed by atoms with Crippen LogP contribution in [0.25, 0.3) is 0 Å². The first kappa shape index (κ1) is 16.8. The van der Waals surface area contributed by atoms with Gasteiger partial charge >= 0.3 is 0 Å². The molecule has 0 aliphatic carbocycles. The van der Waals surface area contributed by atoms with Crippen molar-refractivity contribution in [3.05, 3.63) is 34.9 Å². The quantitative estimate of drug-likeness (QED) is 0.716. The molecule has 0 aliphatic rings. The Balaban J connectivity index is 0.000000631. The number of hydrogen-bond donors (Lipinski definition) is 0. The molecule has 0 saturated heterocycles. The summed E-state index contributed by atoms with van der Waals surface area (Å²) in [6.07, 6.45) is 3.32. The molecule has 0 fully saturated rings. The van der Waals surface area contributed by atoms with Gasteiger partial charge in [-0.25, -0.2) is 8.78 Å². The van der Waals surface area contributed by atoms with Crippen LogP contribution >= 0.6 is 0 Å². The van der Waals surface area contributed by atoms with E-state index in [1.54, 1.807) is 19.1 Å². The summed E-state index contributed by atoms with van der Waals surface area (Å²) in [6.45, 7) is 6.95. The summed E-state index contributed by atoms with van der Waals surface area (Å²) in [5.74, 6) is -2.88. The van der Waals surface area contributed by atoms with Crippen LogP contribution < -0.4 is 0 Å². The lowest BCUT2D eigenvalue weighted by Gasteiger charge is -2.15. The summed E-state index contributed by atoms with van der Waals surface area (Å²) in [6, 6.07) is 4.74. The van der Waals surface area contributed by atoms with Gasteiger partial charge < -0.3 is 4.79 Å². The second-order valence-corrected chi connectivity index (χ2v) is 4.42. The molecular weight excluding hydrogens is 234 g/mol. The Labute approximate surface area is 108 Å². The van der Waals surface area contributed by atoms with Gasteiger partial charge in [0, 0.05) is 18.9 Å². The maximum atomic E-state index is 13.1. The molecule has 0 saturated carbocycles. The number of benzene rings is 1. The fourth-order valence-electron chi connectivity index (χ4n) is 1.37. The Hall–Kier alpha value is -1.25. The summed E-state index contributed by atoms with van der Waals surface area (Å²) in [5.41, 5.74) is 1.12. The highest BCUT2D eigenvalue weighted by atomic mass is 19.3. The molecule has 1 aromatic carbocycles. The van der Waals surface area contributed by atoms with Crippen molar-refractivity contribution in [3.8, 4) is 0 Å². The first-order valence-electron chi connectivity index (χ1n) is 6.28. The smallest absolute Gasteiger partial charge is 0.270 e. The van der Waals surface area contributed by atoms with Crippen molar-refractivity contribution in [3.63, 3.8) is 0 Å². The highest BCUT2D eigenvalue weighted by Gasteiger charge is 2.27. The fraction of sp³-hybridized carbons (Fsp3) is 0.533. The molecule has 1 nitrogen and oxygen atoms in total. The molecule has 0 aliphatic heterocycles. The number of carbonyl (C=O) groups is 1. The van der Waals surface area contributed by atoms with Gasteiger partial charge in [0.1, 0.15) is 6.29 Å². The van der Waals surface area contributed by atoms with E-state index in [-0.39, 0.29) is 12.0 Å². The maximum absolute atomic E-state index is 13.1. The van der Waals surface area contributed by atoms with Gasteiger partial charge in [0.05, 0.1) is 0 Å². The summed E-state index contributed by atoms with van der Waals surface area (Å²) >= 11 is 0. The zero-order valence-corrected chi connectivity index (χ0v) is 11.6. The van der Waals surface area contributed by atoms with Gasteiger partial charge in [-0.3, -0.25) is 0 Å². The number of unbranched alkanes of at least 4 members (excludes halogenated alkanes) is 1. The lowest BCUT2D eigenvalue weighted by Crippen LogP contribution is -2.11. The first-order chi connectivity index (χ1) is 8.36. The molecular formula is C15H22F2O. The van der Waals surface area contributed by atoms with Crippen molar-refractivity contribution in [2.75, 3.05) is 0 Å². The van der Waals surface area contributed by atoms with Crippen molar-refractivity contribution in [1.82, 2.24) is 0 Å². The first-order valence-corrected chi connectivity index (χ1v) is 6.28. The van der Waals surface area contributed by atoms with Crippen molar-refractivity contribution >= 4 is 6.29 Å². The molecule has 18 heavy (non-hydrogen) atoms. The number of carbonyl (C=O) groups excluding carboxylic acids is 1. The van der Waals surface area contributed by atoms with Crippen molar-refractivity contribution in [2.24, 2.45) is 0 Å². The van der Waals surface area contributed by atoms with E-state index in [2.05, 4.69) is 13.8 Å². The van der Waals surface area contributed by atoms with E-state index in [1.807, 2.05) is 0 Å². The fourth-order valence-corrected chi connectivity index (χ4v) is 1.37. The van der Waals surface area contributed by atoms with E-state index in [1.165, 1.54) is 18.9 Å². The van der Waals surface area contributed by atoms with Crippen molar-refractivity contribution < 1.29 is 13.6 Å². The molecule has 0 heterocycles. The summed E-state index contributed by atoms with van der Waals surface area (Å²) in [5, 5.41) is 0. The largest absolute Gasteiger partial charge is 0.303 e. The van der Waals surface area contributed by atoms with Crippen LogP contribution in [0.2, 0.25) is 0 Å². The minimum Gasteiger partial charge on any atom is -0.303 e. The normalized spacial score (nSPS) is 10.6. The molecule has 0 spiro atoms. The number of aryl methyl sites for hydroxylation is 1. The molecule has 102 valence electrons. The minimum atomic E-state index is -2.88. The van der Waals surface area contributed by atoms with Gasteiger partial charge in [0.2, 0.25) is 0 Å². The molecule has 0 atom stereocenters. The van der Waals surface area contributed by atoms with E-state index >= 15 is 0 Å². The predicted octanol–water partition coefficient (Wildman–Crippen LogP) is 4.65. The third kappa shape index (κ3) is 5.89. The number of halogens is 2. The van der Waals surface area contributed by atoms with Crippen LogP contribution in [0, 0.1) is 6.92 Å². The highest BCUT2D eigenvalue weighted by molar-refractivity contribution is 5.57. The number of alkyl halides is 2. The van der Waals surface area contributed by atoms with Gasteiger partial charge in [-0.1, -0.05) is 44.4 Å². The van der Waals surface area contributed by atoms with Crippen LogP contribution in [-0.2, 0) is 17.1 Å². The van der Waals surface area contributed by atoms with E-state index < -0.39 is 5.92 Å². The summed E-state index contributed by atoms with van der Waals surface area (Å²) < 4.78 is 26.2. The van der Waals surface area contributed by atoms with Gasteiger partial charge in [-0.05, 0) is 18.6 Å². The molecule has 0 unspecified atom stereocenters. The second kappa shape index (κ2) is 7.96. The van der Waals surface area contributed by atoms with Crippen LogP contribution in [0.5, 0.6) is 0 Å². The van der Waals surface area contributed by atoms with Crippen LogP contribution in [0.15, 0.2) is 18.2 Å². The lowest BCUT2D eigenvalue weighted by molar-refractivity contribution is -0.107. The summed E-state index contributed by atoms with van der Waals surface area (Å²) in [7, 11) is 0. The Bertz CT molecular complexity index is 365. The topological polar surface area (TPSA) is 17.1 Å². The van der Waals surface area contributed by atoms with E-state index in [9.17, 15) is 13.6 Å². The van der Waals surface area contributed by atoms with E-state index in [0.717, 1.165) is 12.5 Å². The summed E-state index contributed by atoms with van der Waals surface area (Å²) in [4.78, 5) is 10.3. The Morgan fingerprint density at radius 3 is 2.17 bits per heavy atom. The average Bonchev–Trinajstić information content (AvgIpc) is 2.31. The number of hydrogen-bond acceptors (Lipinski definition) is 1. The SMILES string of the molecule is CCCC.Cc1ccc(CC=O)c(C(C)(F)F)c1. The van der Waals surface area contributed by atoms with E-state index in [4.69, 9.17) is 0 Å². The molecule has 1 rings (SSSR count). The van der Waals surface area contributed by atoms with Crippen LogP contribution in [0.4, 0.5) is 8.78 Å². The molecule has 0 radical (unpaired) electrons. The van der Waals surface area contributed by atoms with Gasteiger partial charge in [0.25, 0.3) is 5.92 Å². The van der Waals surface area contributed by atoms with Crippen LogP contribution in [0.1, 0.15) is 50.3 Å². The van der Waals surface area contributed by atoms with Crippen LogP contribution in [-0.4, -0.2) is 6.29 Å². The predicted molar refractivity (Wildman–Crippen MR) is 71.1 cm³/mol. The van der Waals surface area contributed by atoms with E-state index in [0.29, 0.717) is 11.8 Å². The molecule has 3 heteroatoms. The van der Waals surface area contributed by atoms with Crippen molar-refractivity contribution in [2.45, 2.75) is 52.9 Å². The molecule has 1 aromatic rings. The van der Waals surface area contributed by atoms with Gasteiger partial charge in [0.15, 0.2) is 0 Å². The maximum Gasteiger partial charge on any atom is 0.270 e. The zero-order chi connectivity index (χ0) is 14.2. The van der Waals surface area contributed by atoms with Crippen molar-refractivity contribution in [1.29, 1.82) is 0 Å². The monoisotopic (exact) mass is 256 g/mol. The van der Waals surface area contributed by atoms with Gasteiger partial charge in [-0.2, -0.15) is 0 Å². The molecule has 0 aromatic heterocycles. The Morgan fingerprint density at radius 1 is 1.22 bits per heavy atom. The average molecular weight is 256 g/mol. The molecule has 0 N–H and O–H groups in total. The Kier molecular flexibility index (Phi) is 7.41. The standard InChI is InChI=1S/C11H12F2O.C4H10/c1-8-3-4-9(5-6-14)10(7-8)11(2,12)13;1-3-4-2/h3-4,6-7H,5H2,1-2H3;3-4H2,1-2H3. The van der Waals surface area contributed by atoms with Crippen LogP contribution in [0.3, 0.4) is 0 Å². The second-order valence-electron chi connectivity index (χ2n) is 4.42. The third-order valence-electron chi connectivity index (χ3n) is 2.54. The number of aldehydes is 1. The Morgan fingerprint density at radius 2 is 1.78 bits per heavy atom. The number of rotatable bonds is 4. The molecule has 0 amide bonds. The highest BCUT2D eigenvalue weighted by Crippen LogP contribution is 2.30. The molecule has 0 bridgehead atoms. The lowest BCUT2D eigenvalue weighted by atomic mass is 9.98. The van der Waals surface area contributed by atoms with Gasteiger partial charge in [-0.15, -0.1) is 0 Å².